The number of methoxy groups -OCH3 is 1. The van der Waals surface area contributed by atoms with Crippen LogP contribution >= 0.6 is 0 Å². The maximum Gasteiger partial charge on any atom is 0.331 e. The summed E-state index contributed by atoms with van der Waals surface area (Å²) in [6, 6.07) is 20.5. The molecule has 3 aromatic carbocycles. The highest BCUT2D eigenvalue weighted by Gasteiger charge is 2.34. The van der Waals surface area contributed by atoms with Gasteiger partial charge in [-0.3, -0.25) is 20.4 Å². The highest BCUT2D eigenvalue weighted by molar-refractivity contribution is 6.00. The van der Waals surface area contributed by atoms with Gasteiger partial charge in [0.15, 0.2) is 6.29 Å². The first-order valence-electron chi connectivity index (χ1n) is 10.6. The van der Waals surface area contributed by atoms with Crippen LogP contribution in [0.5, 0.6) is 5.75 Å². The molecule has 3 N–H and O–H groups in total. The van der Waals surface area contributed by atoms with E-state index in [4.69, 9.17) is 9.84 Å². The van der Waals surface area contributed by atoms with Gasteiger partial charge in [-0.1, -0.05) is 60.7 Å². The number of ether oxygens (including phenoxy) is 1. The van der Waals surface area contributed by atoms with Gasteiger partial charge in [0.05, 0.1) is 18.2 Å². The van der Waals surface area contributed by atoms with Crippen molar-refractivity contribution in [3.05, 3.63) is 96.1 Å². The van der Waals surface area contributed by atoms with Crippen LogP contribution in [-0.4, -0.2) is 30.4 Å². The highest BCUT2D eigenvalue weighted by Crippen LogP contribution is 2.31. The van der Waals surface area contributed by atoms with Crippen molar-refractivity contribution >= 4 is 34.6 Å². The number of aliphatic carboxylic acids is 1. The molecule has 1 unspecified atom stereocenters. The number of hydrogen-bond donors (Lipinski definition) is 3. The Morgan fingerprint density at radius 3 is 2.32 bits per heavy atom. The first-order valence-corrected chi connectivity index (χ1v) is 10.6. The third-order valence-electron chi connectivity index (χ3n) is 5.47. The molecule has 0 saturated carbocycles. The summed E-state index contributed by atoms with van der Waals surface area (Å²) in [6.07, 6.45) is 5.86. The lowest BCUT2D eigenvalue weighted by Gasteiger charge is -2.27. The van der Waals surface area contributed by atoms with E-state index in [9.17, 15) is 14.4 Å². The van der Waals surface area contributed by atoms with Crippen LogP contribution in [0.1, 0.15) is 23.7 Å². The van der Waals surface area contributed by atoms with Gasteiger partial charge in [0.1, 0.15) is 5.75 Å². The molecule has 3 aromatic rings. The molecule has 0 spiro atoms. The quantitative estimate of drug-likeness (QED) is 0.363. The van der Waals surface area contributed by atoms with Crippen LogP contribution in [0.2, 0.25) is 0 Å². The fourth-order valence-electron chi connectivity index (χ4n) is 3.56. The van der Waals surface area contributed by atoms with Crippen molar-refractivity contribution in [1.82, 2.24) is 5.43 Å². The average Bonchev–Trinajstić information content (AvgIpc) is 2.87. The molecule has 0 aliphatic heterocycles. The van der Waals surface area contributed by atoms with Crippen molar-refractivity contribution in [3.8, 4) is 5.75 Å². The Labute approximate surface area is 197 Å². The van der Waals surface area contributed by atoms with Gasteiger partial charge >= 0.3 is 5.97 Å². The smallest absolute Gasteiger partial charge is 0.331 e. The number of hydrogen-bond acceptors (Lipinski definition) is 5. The Kier molecular flexibility index (Phi) is 7.82. The zero-order valence-electron chi connectivity index (χ0n) is 18.9. The minimum absolute atomic E-state index is 0.168. The van der Waals surface area contributed by atoms with Gasteiger partial charge in [-0.25, -0.2) is 4.79 Å². The second-order valence-corrected chi connectivity index (χ2v) is 7.92. The molecule has 1 amide bonds. The third kappa shape index (κ3) is 5.69. The lowest BCUT2D eigenvalue weighted by molar-refractivity contribution is -0.133. The molecule has 0 heterocycles. The van der Waals surface area contributed by atoms with E-state index in [1.54, 1.807) is 32.3 Å². The van der Waals surface area contributed by atoms with Crippen molar-refractivity contribution in [2.45, 2.75) is 13.3 Å². The first-order chi connectivity index (χ1) is 16.4. The van der Waals surface area contributed by atoms with Crippen LogP contribution in [0.25, 0.3) is 10.8 Å². The van der Waals surface area contributed by atoms with Gasteiger partial charge < -0.3 is 9.84 Å². The van der Waals surface area contributed by atoms with Crippen LogP contribution < -0.4 is 15.6 Å². The molecule has 7 nitrogen and oxygen atoms in total. The van der Waals surface area contributed by atoms with Gasteiger partial charge in [0.2, 0.25) is 5.91 Å². The number of aldehydes is 1. The summed E-state index contributed by atoms with van der Waals surface area (Å²) in [5.74, 6) is -0.472. The maximum atomic E-state index is 12.2. The fourth-order valence-corrected chi connectivity index (χ4v) is 3.56. The molecule has 0 fully saturated rings. The van der Waals surface area contributed by atoms with E-state index in [-0.39, 0.29) is 17.9 Å². The zero-order valence-corrected chi connectivity index (χ0v) is 18.9. The number of benzene rings is 3. The largest absolute Gasteiger partial charge is 0.496 e. The molecule has 1 aliphatic rings. The van der Waals surface area contributed by atoms with Crippen molar-refractivity contribution < 1.29 is 24.2 Å². The Hall–Kier alpha value is -4.39. The number of carboxylic acids is 1. The molecule has 1 atom stereocenters. The van der Waals surface area contributed by atoms with E-state index in [0.717, 1.165) is 28.5 Å². The SMILES string of the molecule is CC1(C(=O)NNc2ccccc2)C=CC=C(C(=O)O)C1.COc1ccc(C=O)c2ccccc12. The molecule has 4 rings (SSSR count). The topological polar surface area (TPSA) is 105 Å². The van der Waals surface area contributed by atoms with Crippen molar-refractivity contribution in [2.75, 3.05) is 12.5 Å². The molecule has 0 radical (unpaired) electrons. The summed E-state index contributed by atoms with van der Waals surface area (Å²) in [5.41, 5.74) is 6.23. The molecule has 0 bridgehead atoms. The minimum Gasteiger partial charge on any atom is -0.496 e. The zero-order chi connectivity index (χ0) is 24.6. The van der Waals surface area contributed by atoms with Gasteiger partial charge in [-0.15, -0.1) is 0 Å². The van der Waals surface area contributed by atoms with Crippen LogP contribution in [0.15, 0.2) is 90.5 Å². The summed E-state index contributed by atoms with van der Waals surface area (Å²) in [5, 5.41) is 10.9. The van der Waals surface area contributed by atoms with Gasteiger partial charge in [-0.2, -0.15) is 0 Å². The third-order valence-corrected chi connectivity index (χ3v) is 5.47. The molecule has 34 heavy (non-hydrogen) atoms. The molecule has 7 heteroatoms. The van der Waals surface area contributed by atoms with Crippen molar-refractivity contribution in [1.29, 1.82) is 0 Å². The summed E-state index contributed by atoms with van der Waals surface area (Å²) >= 11 is 0. The van der Waals surface area contributed by atoms with E-state index in [0.29, 0.717) is 5.56 Å². The summed E-state index contributed by atoms with van der Waals surface area (Å²) < 4.78 is 5.21. The number of carbonyl (C=O) groups excluding carboxylic acids is 2. The summed E-state index contributed by atoms with van der Waals surface area (Å²) in [4.78, 5) is 34.0. The van der Waals surface area contributed by atoms with Gasteiger partial charge in [0.25, 0.3) is 0 Å². The fraction of sp³-hybridized carbons (Fsp3) is 0.148. The number of rotatable bonds is 6. The number of nitrogens with one attached hydrogen (secondary N) is 2. The first kappa shape index (κ1) is 24.3. The van der Waals surface area contributed by atoms with Gasteiger partial charge in [-0.05, 0) is 43.0 Å². The lowest BCUT2D eigenvalue weighted by atomic mass is 9.79. The minimum atomic E-state index is -0.996. The number of fused-ring (bicyclic) bond motifs is 1. The molecular weight excluding hydrogens is 432 g/mol. The summed E-state index contributed by atoms with van der Waals surface area (Å²) in [6.45, 7) is 1.71. The number of allylic oxidation sites excluding steroid dienone is 2. The van der Waals surface area contributed by atoms with Crippen molar-refractivity contribution in [3.63, 3.8) is 0 Å². The lowest BCUT2D eigenvalue weighted by Crippen LogP contribution is -2.42. The van der Waals surface area contributed by atoms with Gasteiger partial charge in [0, 0.05) is 16.5 Å². The van der Waals surface area contributed by atoms with E-state index < -0.39 is 11.4 Å². The number of carboxylic acid groups (broad SMARTS) is 1. The highest BCUT2D eigenvalue weighted by atomic mass is 16.5. The number of carbonyl (C=O) groups is 3. The average molecular weight is 459 g/mol. The van der Waals surface area contributed by atoms with Crippen molar-refractivity contribution in [2.24, 2.45) is 5.41 Å². The molecule has 0 aromatic heterocycles. The normalized spacial score (nSPS) is 16.5. The van der Waals surface area contributed by atoms with E-state index in [2.05, 4.69) is 10.9 Å². The maximum absolute atomic E-state index is 12.2. The Balaban J connectivity index is 0.000000202. The van der Waals surface area contributed by atoms with E-state index >= 15 is 0 Å². The predicted octanol–water partition coefficient (Wildman–Crippen LogP) is 4.77. The Morgan fingerprint density at radius 2 is 1.68 bits per heavy atom. The van der Waals surface area contributed by atoms with Crippen LogP contribution in [0.3, 0.4) is 0 Å². The monoisotopic (exact) mass is 458 g/mol. The Morgan fingerprint density at radius 1 is 1.00 bits per heavy atom. The molecule has 174 valence electrons. The molecular formula is C27H26N2O5. The second-order valence-electron chi connectivity index (χ2n) is 7.92. The molecule has 0 saturated heterocycles. The molecule has 1 aliphatic carbocycles. The Bertz CT molecular complexity index is 1250. The summed E-state index contributed by atoms with van der Waals surface area (Å²) in [7, 11) is 1.63. The van der Waals surface area contributed by atoms with E-state index in [1.807, 2.05) is 60.7 Å². The van der Waals surface area contributed by atoms with E-state index in [1.165, 1.54) is 6.08 Å². The second kappa shape index (κ2) is 11.0. The van der Waals surface area contributed by atoms with Crippen LogP contribution in [0, 0.1) is 5.41 Å². The van der Waals surface area contributed by atoms with Crippen LogP contribution in [0.4, 0.5) is 5.69 Å². The van der Waals surface area contributed by atoms with Crippen LogP contribution in [-0.2, 0) is 9.59 Å². The number of hydrazine groups is 1. The standard InChI is InChI=1S/C15H16N2O3.C12H10O2/c1-15(9-5-6-11(10-15)13(18)19)14(20)17-16-12-7-3-2-4-8-12;1-14-12-7-6-9(8-13)10-4-2-3-5-11(10)12/h2-9,16H,10H2,1H3,(H,17,20)(H,18,19);2-8H,1H3. The number of para-hydroxylation sites is 1. The number of anilines is 1. The predicted molar refractivity (Wildman–Crippen MR) is 132 cm³/mol. The number of amides is 1.